The lowest BCUT2D eigenvalue weighted by atomic mass is 9.97. The van der Waals surface area contributed by atoms with Crippen molar-refractivity contribution in [1.82, 2.24) is 34.0 Å². The Morgan fingerprint density at radius 3 is 2.53 bits per heavy atom. The summed E-state index contributed by atoms with van der Waals surface area (Å²) in [6, 6.07) is 2.63. The van der Waals surface area contributed by atoms with Crippen LogP contribution in [0.5, 0.6) is 5.75 Å². The van der Waals surface area contributed by atoms with E-state index >= 15 is 0 Å². The number of aryl methyl sites for hydroxylation is 1. The molecule has 270 valence electrons. The van der Waals surface area contributed by atoms with E-state index in [0.717, 1.165) is 28.3 Å². The number of nitrogens with one attached hydrogen (secondary N) is 1. The first kappa shape index (κ1) is 35.8. The number of rotatable bonds is 8. The van der Waals surface area contributed by atoms with Gasteiger partial charge in [0.1, 0.15) is 18.6 Å². The van der Waals surface area contributed by atoms with Gasteiger partial charge in [-0.05, 0) is 56.4 Å². The number of carbonyl (C=O) groups is 2. The molecule has 1 unspecified atom stereocenters. The molecule has 0 radical (unpaired) electrons. The highest BCUT2D eigenvalue weighted by molar-refractivity contribution is 6.33. The van der Waals surface area contributed by atoms with Crippen molar-refractivity contribution in [2.45, 2.75) is 58.4 Å². The normalized spacial score (nSPS) is 16.7. The van der Waals surface area contributed by atoms with E-state index in [0.29, 0.717) is 37.1 Å². The predicted octanol–water partition coefficient (Wildman–Crippen LogP) is 3.76. The Labute approximate surface area is 294 Å². The monoisotopic (exact) mass is 729 g/mol. The van der Waals surface area contributed by atoms with Crippen molar-refractivity contribution in [3.63, 3.8) is 0 Å². The summed E-state index contributed by atoms with van der Waals surface area (Å²) in [5.41, 5.74) is 0.709. The second-order valence-corrected chi connectivity index (χ2v) is 12.6. The maximum Gasteiger partial charge on any atom is 0.416 e. The molecule has 51 heavy (non-hydrogen) atoms. The number of halogens is 4. The molecule has 1 fully saturated rings. The smallest absolute Gasteiger partial charge is 0.416 e. The van der Waals surface area contributed by atoms with Gasteiger partial charge in [-0.25, -0.2) is 9.97 Å². The van der Waals surface area contributed by atoms with Gasteiger partial charge >= 0.3 is 6.18 Å². The van der Waals surface area contributed by atoms with Gasteiger partial charge in [0.25, 0.3) is 11.5 Å². The van der Waals surface area contributed by atoms with Crippen molar-refractivity contribution in [3.8, 4) is 5.75 Å². The third kappa shape index (κ3) is 7.12. The lowest BCUT2D eigenvalue weighted by Gasteiger charge is -2.36. The quantitative estimate of drug-likeness (QED) is 0.274. The minimum Gasteiger partial charge on any atom is -0.492 e. The standard InChI is InChI=1S/C33H35ClF3N9O5/c1-4-24-27(43-11-13-44(14-12-43)30(49)26-28(51-3)18(2)38-17-39-26)31(50)46-32(41-29(42-46)19-5-8-21(47)9-6-19)45(24)16-25(48)40-23-10-7-20(15-22(23)34)33(35,36)37/h5,7,10,15,17,21,47H,4,6,8-9,11-14,16H2,1-3H3,(H,40,48). The minimum atomic E-state index is -4.61. The number of nitrogens with zero attached hydrogens (tertiary/aromatic N) is 8. The van der Waals surface area contributed by atoms with Gasteiger partial charge < -0.3 is 29.5 Å². The first-order chi connectivity index (χ1) is 24.3. The molecule has 6 rings (SSSR count). The van der Waals surface area contributed by atoms with Crippen molar-refractivity contribution in [2.24, 2.45) is 0 Å². The summed E-state index contributed by atoms with van der Waals surface area (Å²) in [5.74, 6) is -0.311. The van der Waals surface area contributed by atoms with Crippen LogP contribution in [0.25, 0.3) is 11.4 Å². The molecule has 2 N–H and O–H groups in total. The molecular weight excluding hydrogens is 695 g/mol. The summed E-state index contributed by atoms with van der Waals surface area (Å²) < 4.78 is 47.7. The van der Waals surface area contributed by atoms with Gasteiger partial charge in [0.05, 0.1) is 40.9 Å². The van der Waals surface area contributed by atoms with E-state index in [-0.39, 0.29) is 78.1 Å². The van der Waals surface area contributed by atoms with Crippen LogP contribution < -0.4 is 20.5 Å². The number of amides is 2. The molecule has 0 spiro atoms. The van der Waals surface area contributed by atoms with Gasteiger partial charge in [-0.2, -0.15) is 22.7 Å². The summed E-state index contributed by atoms with van der Waals surface area (Å²) >= 11 is 6.12. The van der Waals surface area contributed by atoms with E-state index in [9.17, 15) is 32.7 Å². The second-order valence-electron chi connectivity index (χ2n) is 12.2. The van der Waals surface area contributed by atoms with E-state index in [2.05, 4.69) is 25.4 Å². The zero-order valence-electron chi connectivity index (χ0n) is 28.0. The van der Waals surface area contributed by atoms with E-state index in [1.165, 1.54) is 13.4 Å². The minimum absolute atomic E-state index is 0.0191. The van der Waals surface area contributed by atoms with E-state index in [4.69, 9.17) is 16.3 Å². The average molecular weight is 730 g/mol. The van der Waals surface area contributed by atoms with E-state index < -0.39 is 29.3 Å². The van der Waals surface area contributed by atoms with Crippen molar-refractivity contribution < 1.29 is 32.6 Å². The molecule has 1 saturated heterocycles. The number of aliphatic hydroxyl groups excluding tert-OH is 1. The number of hydrogen-bond donors (Lipinski definition) is 2. The molecule has 1 aliphatic carbocycles. The number of piperazine rings is 1. The van der Waals surface area contributed by atoms with Crippen LogP contribution in [0.1, 0.15) is 59.5 Å². The second kappa shape index (κ2) is 14.3. The van der Waals surface area contributed by atoms with E-state index in [1.54, 1.807) is 16.4 Å². The number of hydrogen-bond acceptors (Lipinski definition) is 10. The molecule has 2 aliphatic rings. The molecule has 18 heteroatoms. The average Bonchev–Trinajstić information content (AvgIpc) is 3.56. The number of aliphatic hydroxyl groups is 1. The lowest BCUT2D eigenvalue weighted by Crippen LogP contribution is -2.51. The summed E-state index contributed by atoms with van der Waals surface area (Å²) in [4.78, 5) is 57.5. The first-order valence-corrected chi connectivity index (χ1v) is 16.6. The molecule has 14 nitrogen and oxygen atoms in total. The Balaban J connectivity index is 1.35. The number of benzene rings is 1. The van der Waals surface area contributed by atoms with E-state index in [1.807, 2.05) is 17.9 Å². The van der Waals surface area contributed by atoms with Gasteiger partial charge in [-0.3, -0.25) is 14.4 Å². The molecule has 1 atom stereocenters. The lowest BCUT2D eigenvalue weighted by molar-refractivity contribution is -0.137. The number of aromatic nitrogens is 6. The van der Waals surface area contributed by atoms with Gasteiger partial charge in [-0.1, -0.05) is 24.6 Å². The molecule has 1 aliphatic heterocycles. The molecule has 1 aromatic carbocycles. The summed E-state index contributed by atoms with van der Waals surface area (Å²) in [6.07, 6.45) is -0.304. The van der Waals surface area contributed by atoms with Crippen LogP contribution in [0.3, 0.4) is 0 Å². The Kier molecular flexibility index (Phi) is 10.0. The van der Waals surface area contributed by atoms with Gasteiger partial charge in [0.2, 0.25) is 11.7 Å². The summed E-state index contributed by atoms with van der Waals surface area (Å²) in [5, 5.41) is 16.8. The number of anilines is 2. The van der Waals surface area contributed by atoms with Crippen LogP contribution >= 0.6 is 11.6 Å². The number of allylic oxidation sites excluding steroid dienone is 1. The number of carbonyl (C=O) groups excluding carboxylic acids is 2. The molecular formula is C33H35ClF3N9O5. The highest BCUT2D eigenvalue weighted by Gasteiger charge is 2.33. The summed E-state index contributed by atoms with van der Waals surface area (Å²) in [7, 11) is 1.44. The molecule has 0 bridgehead atoms. The molecule has 3 aromatic heterocycles. The zero-order chi connectivity index (χ0) is 36.6. The van der Waals surface area contributed by atoms with Crippen molar-refractivity contribution in [3.05, 3.63) is 74.4 Å². The Morgan fingerprint density at radius 1 is 1.16 bits per heavy atom. The molecule has 4 aromatic rings. The molecule has 0 saturated carbocycles. The van der Waals surface area contributed by atoms with Crippen LogP contribution in [-0.4, -0.2) is 90.3 Å². The predicted molar refractivity (Wildman–Crippen MR) is 181 cm³/mol. The van der Waals surface area contributed by atoms with Crippen molar-refractivity contribution in [2.75, 3.05) is 43.5 Å². The Bertz CT molecular complexity index is 2090. The molecule has 4 heterocycles. The van der Waals surface area contributed by atoms with Crippen molar-refractivity contribution in [1.29, 1.82) is 0 Å². The maximum atomic E-state index is 14.2. The Hall–Kier alpha value is -5.03. The third-order valence-corrected chi connectivity index (χ3v) is 9.29. The number of fused-ring (bicyclic) bond motifs is 1. The SMILES string of the molecule is CCc1c(N2CCN(C(=O)c3ncnc(C)c3OC)CC2)c(=O)n2nc(C3=CCC(O)CC3)nc2n1CC(=O)Nc1ccc(C(F)(F)F)cc1Cl. The van der Waals surface area contributed by atoms with Crippen LogP contribution in [0, 0.1) is 6.92 Å². The van der Waals surface area contributed by atoms with Gasteiger partial charge in [-0.15, -0.1) is 5.10 Å². The topological polar surface area (TPSA) is 160 Å². The van der Waals surface area contributed by atoms with Gasteiger partial charge in [0, 0.05) is 26.2 Å². The van der Waals surface area contributed by atoms with Crippen LogP contribution in [0.15, 0.2) is 35.4 Å². The van der Waals surface area contributed by atoms with Crippen LogP contribution in [0.2, 0.25) is 5.02 Å². The maximum absolute atomic E-state index is 14.2. The fourth-order valence-corrected chi connectivity index (χ4v) is 6.58. The van der Waals surface area contributed by atoms with Gasteiger partial charge in [0.15, 0.2) is 17.3 Å². The zero-order valence-corrected chi connectivity index (χ0v) is 28.8. The van der Waals surface area contributed by atoms with Crippen LogP contribution in [-0.2, 0) is 23.9 Å². The largest absolute Gasteiger partial charge is 0.492 e. The van der Waals surface area contributed by atoms with Crippen molar-refractivity contribution >= 4 is 46.1 Å². The highest BCUT2D eigenvalue weighted by Crippen LogP contribution is 2.34. The Morgan fingerprint density at radius 2 is 1.90 bits per heavy atom. The number of alkyl halides is 3. The summed E-state index contributed by atoms with van der Waals surface area (Å²) in [6.45, 7) is 4.19. The highest BCUT2D eigenvalue weighted by atomic mass is 35.5. The fourth-order valence-electron chi connectivity index (χ4n) is 6.36. The third-order valence-electron chi connectivity index (χ3n) is 8.97. The molecule has 2 amide bonds. The number of methoxy groups -OCH3 is 1. The van der Waals surface area contributed by atoms with Crippen LogP contribution in [0.4, 0.5) is 24.5 Å². The number of ether oxygens (including phenoxy) is 1. The fraction of sp³-hybridized carbons (Fsp3) is 0.424. The first-order valence-electron chi connectivity index (χ1n) is 16.3.